The summed E-state index contributed by atoms with van der Waals surface area (Å²) in [5.74, 6) is -0.803. The van der Waals surface area contributed by atoms with E-state index in [1.54, 1.807) is 12.1 Å². The third-order valence-corrected chi connectivity index (χ3v) is 5.15. The van der Waals surface area contributed by atoms with E-state index in [9.17, 15) is 13.2 Å². The molecule has 2 rings (SSSR count). The van der Waals surface area contributed by atoms with Crippen molar-refractivity contribution >= 4 is 16.0 Å². The molecule has 1 aliphatic rings. The average molecular weight is 312 g/mol. The first-order chi connectivity index (χ1) is 10.0. The van der Waals surface area contributed by atoms with Crippen molar-refractivity contribution in [1.82, 2.24) is 10.0 Å². The number of hydrogen-bond acceptors (Lipinski definition) is 4. The maximum absolute atomic E-state index is 12.4. The molecule has 6 nitrogen and oxygen atoms in total. The van der Waals surface area contributed by atoms with Crippen LogP contribution in [0.5, 0.6) is 0 Å². The number of carboxylic acid groups (broad SMARTS) is 1. The number of nitrogens with one attached hydrogen (secondary N) is 2. The molecule has 0 atom stereocenters. The van der Waals surface area contributed by atoms with Crippen LogP contribution in [0.25, 0.3) is 0 Å². The summed E-state index contributed by atoms with van der Waals surface area (Å²) in [5.41, 5.74) is 0.821. The smallest absolute Gasteiger partial charge is 0.304 e. The molecule has 1 fully saturated rings. The molecule has 1 heterocycles. The molecule has 3 N–H and O–H groups in total. The lowest BCUT2D eigenvalue weighted by atomic mass is 9.90. The van der Waals surface area contributed by atoms with Gasteiger partial charge in [-0.25, -0.2) is 13.1 Å². The molecule has 1 aromatic rings. The molecule has 0 aromatic heterocycles. The molecule has 1 aliphatic heterocycles. The van der Waals surface area contributed by atoms with E-state index in [1.807, 2.05) is 12.1 Å². The Morgan fingerprint density at radius 1 is 1.29 bits per heavy atom. The van der Waals surface area contributed by atoms with Crippen molar-refractivity contribution < 1.29 is 18.3 Å². The fourth-order valence-electron chi connectivity index (χ4n) is 2.57. The minimum atomic E-state index is -3.67. The summed E-state index contributed by atoms with van der Waals surface area (Å²) in [4.78, 5) is 10.8. The van der Waals surface area contributed by atoms with Crippen LogP contribution in [0.2, 0.25) is 0 Å². The Bertz CT molecular complexity index is 595. The molecule has 7 heteroatoms. The fraction of sp³-hybridized carbons (Fsp3) is 0.500. The molecular weight excluding hydrogens is 292 g/mol. The lowest BCUT2D eigenvalue weighted by Crippen LogP contribution is -2.30. The highest BCUT2D eigenvalue weighted by molar-refractivity contribution is 7.89. The third kappa shape index (κ3) is 4.26. The van der Waals surface area contributed by atoms with Gasteiger partial charge < -0.3 is 10.4 Å². The monoisotopic (exact) mass is 312 g/mol. The van der Waals surface area contributed by atoms with E-state index in [2.05, 4.69) is 10.0 Å². The van der Waals surface area contributed by atoms with E-state index in [0.717, 1.165) is 31.5 Å². The number of carbonyl (C=O) groups is 1. The van der Waals surface area contributed by atoms with Gasteiger partial charge in [0.2, 0.25) is 10.0 Å². The minimum absolute atomic E-state index is 0.0990. The summed E-state index contributed by atoms with van der Waals surface area (Å²) in [5, 5.41) is 11.9. The Hall–Kier alpha value is -1.44. The number of hydrogen-bond donors (Lipinski definition) is 3. The van der Waals surface area contributed by atoms with Gasteiger partial charge in [-0.1, -0.05) is 18.2 Å². The standard InChI is InChI=1S/C14H20N2O4S/c17-14(18)7-10-16-21(19,20)13-4-2-1-3-12(13)11-5-8-15-9-6-11/h1-4,11,15-16H,5-10H2,(H,17,18). The summed E-state index contributed by atoms with van der Waals surface area (Å²) in [7, 11) is -3.67. The van der Waals surface area contributed by atoms with E-state index < -0.39 is 16.0 Å². The molecule has 0 spiro atoms. The highest BCUT2D eigenvalue weighted by Gasteiger charge is 2.24. The van der Waals surface area contributed by atoms with Crippen molar-refractivity contribution in [2.24, 2.45) is 0 Å². The number of aliphatic carboxylic acids is 1. The number of sulfonamides is 1. The maximum atomic E-state index is 12.4. The van der Waals surface area contributed by atoms with Gasteiger partial charge in [-0.3, -0.25) is 4.79 Å². The molecule has 1 aromatic carbocycles. The second-order valence-electron chi connectivity index (χ2n) is 5.10. The van der Waals surface area contributed by atoms with Crippen LogP contribution in [0, 0.1) is 0 Å². The second-order valence-corrected chi connectivity index (χ2v) is 6.84. The van der Waals surface area contributed by atoms with Gasteiger partial charge in [0.1, 0.15) is 0 Å². The summed E-state index contributed by atoms with van der Waals surface area (Å²) in [6, 6.07) is 6.96. The number of piperidine rings is 1. The first kappa shape index (κ1) is 15.9. The zero-order chi connectivity index (χ0) is 15.3. The lowest BCUT2D eigenvalue weighted by molar-refractivity contribution is -0.136. The van der Waals surface area contributed by atoms with E-state index in [0.29, 0.717) is 0 Å². The molecular formula is C14H20N2O4S. The first-order valence-corrected chi connectivity index (χ1v) is 8.50. The van der Waals surface area contributed by atoms with E-state index in [-0.39, 0.29) is 23.8 Å². The predicted molar refractivity (Wildman–Crippen MR) is 78.7 cm³/mol. The predicted octanol–water partition coefficient (Wildman–Crippen LogP) is 0.907. The first-order valence-electron chi connectivity index (χ1n) is 7.02. The molecule has 0 amide bonds. The van der Waals surface area contributed by atoms with Crippen molar-refractivity contribution in [3.8, 4) is 0 Å². The van der Waals surface area contributed by atoms with Crippen molar-refractivity contribution in [2.45, 2.75) is 30.1 Å². The molecule has 0 aliphatic carbocycles. The van der Waals surface area contributed by atoms with Crippen molar-refractivity contribution in [1.29, 1.82) is 0 Å². The zero-order valence-corrected chi connectivity index (χ0v) is 12.5. The van der Waals surface area contributed by atoms with Crippen molar-refractivity contribution in [3.05, 3.63) is 29.8 Å². The van der Waals surface area contributed by atoms with Crippen molar-refractivity contribution in [2.75, 3.05) is 19.6 Å². The molecule has 1 saturated heterocycles. The molecule has 0 bridgehead atoms. The number of rotatable bonds is 6. The van der Waals surface area contributed by atoms with Gasteiger partial charge >= 0.3 is 5.97 Å². The van der Waals surface area contributed by atoms with Crippen LogP contribution in [0.3, 0.4) is 0 Å². The summed E-state index contributed by atoms with van der Waals surface area (Å²) in [6.45, 7) is 1.66. The summed E-state index contributed by atoms with van der Waals surface area (Å²) < 4.78 is 27.1. The second kappa shape index (κ2) is 7.02. The third-order valence-electron chi connectivity index (χ3n) is 3.62. The van der Waals surface area contributed by atoms with E-state index >= 15 is 0 Å². The largest absolute Gasteiger partial charge is 0.481 e. The van der Waals surface area contributed by atoms with Gasteiger partial charge in [-0.05, 0) is 43.5 Å². The topological polar surface area (TPSA) is 95.5 Å². The minimum Gasteiger partial charge on any atom is -0.481 e. The van der Waals surface area contributed by atoms with Crippen LogP contribution in [0.1, 0.15) is 30.7 Å². The van der Waals surface area contributed by atoms with E-state index in [4.69, 9.17) is 5.11 Å². The van der Waals surface area contributed by atoms with Gasteiger partial charge in [0.15, 0.2) is 0 Å². The van der Waals surface area contributed by atoms with Crippen LogP contribution in [-0.4, -0.2) is 39.1 Å². The van der Waals surface area contributed by atoms with Gasteiger partial charge in [0.25, 0.3) is 0 Å². The van der Waals surface area contributed by atoms with Crippen LogP contribution in [0.15, 0.2) is 29.2 Å². The maximum Gasteiger partial charge on any atom is 0.304 e. The van der Waals surface area contributed by atoms with Crippen molar-refractivity contribution in [3.63, 3.8) is 0 Å². The van der Waals surface area contributed by atoms with Crippen LogP contribution >= 0.6 is 0 Å². The Morgan fingerprint density at radius 3 is 2.62 bits per heavy atom. The van der Waals surface area contributed by atoms with Crippen LogP contribution in [-0.2, 0) is 14.8 Å². The Morgan fingerprint density at radius 2 is 1.95 bits per heavy atom. The highest BCUT2D eigenvalue weighted by Crippen LogP contribution is 2.30. The Labute approximate surface area is 124 Å². The summed E-state index contributed by atoms with van der Waals surface area (Å²) in [6.07, 6.45) is 1.58. The van der Waals surface area contributed by atoms with E-state index in [1.165, 1.54) is 0 Å². The molecule has 0 radical (unpaired) electrons. The molecule has 0 unspecified atom stereocenters. The average Bonchev–Trinajstić information content (AvgIpc) is 2.47. The molecule has 21 heavy (non-hydrogen) atoms. The number of carboxylic acids is 1. The lowest BCUT2D eigenvalue weighted by Gasteiger charge is -2.25. The zero-order valence-electron chi connectivity index (χ0n) is 11.7. The normalized spacial score (nSPS) is 16.8. The Kier molecular flexibility index (Phi) is 5.33. The van der Waals surface area contributed by atoms with Crippen LogP contribution < -0.4 is 10.0 Å². The van der Waals surface area contributed by atoms with Crippen LogP contribution in [0.4, 0.5) is 0 Å². The van der Waals surface area contributed by atoms with Gasteiger partial charge in [0.05, 0.1) is 11.3 Å². The fourth-order valence-corrected chi connectivity index (χ4v) is 3.89. The quantitative estimate of drug-likeness (QED) is 0.725. The number of benzene rings is 1. The molecule has 0 saturated carbocycles. The highest BCUT2D eigenvalue weighted by atomic mass is 32.2. The SMILES string of the molecule is O=C(O)CCNS(=O)(=O)c1ccccc1C1CCNCC1. The molecule has 116 valence electrons. The Balaban J connectivity index is 2.20. The van der Waals surface area contributed by atoms with Gasteiger partial charge in [-0.2, -0.15) is 0 Å². The summed E-state index contributed by atoms with van der Waals surface area (Å²) >= 11 is 0. The van der Waals surface area contributed by atoms with Gasteiger partial charge in [0, 0.05) is 6.54 Å². The van der Waals surface area contributed by atoms with Gasteiger partial charge in [-0.15, -0.1) is 0 Å².